The lowest BCUT2D eigenvalue weighted by atomic mass is 10.00. The second-order valence-electron chi connectivity index (χ2n) is 6.46. The lowest BCUT2D eigenvalue weighted by Crippen LogP contribution is -2.38. The Morgan fingerprint density at radius 3 is 2.64 bits per heavy atom. The number of thioether (sulfide) groups is 1. The summed E-state index contributed by atoms with van der Waals surface area (Å²) in [5, 5.41) is 4.38. The lowest BCUT2D eigenvalue weighted by Gasteiger charge is -2.29. The molecule has 3 rings (SSSR count). The van der Waals surface area contributed by atoms with Crippen LogP contribution in [-0.2, 0) is 24.3 Å². The van der Waals surface area contributed by atoms with Gasteiger partial charge in [-0.1, -0.05) is 6.07 Å². The summed E-state index contributed by atoms with van der Waals surface area (Å²) in [4.78, 5) is 27.6. The Morgan fingerprint density at radius 2 is 2.00 bits per heavy atom. The molecule has 0 fully saturated rings. The van der Waals surface area contributed by atoms with Gasteiger partial charge in [0.2, 0.25) is 5.91 Å². The molecule has 1 aromatic heterocycles. The number of amides is 1. The predicted octanol–water partition coefficient (Wildman–Crippen LogP) is 3.01. The van der Waals surface area contributed by atoms with E-state index in [4.69, 9.17) is 0 Å². The lowest BCUT2D eigenvalue weighted by molar-refractivity contribution is -0.133. The van der Waals surface area contributed by atoms with Gasteiger partial charge in [0.05, 0.1) is 11.3 Å². The summed E-state index contributed by atoms with van der Waals surface area (Å²) in [7, 11) is 0. The molecule has 0 N–H and O–H groups in total. The summed E-state index contributed by atoms with van der Waals surface area (Å²) < 4.78 is 1.65. The first kappa shape index (κ1) is 17.7. The average Bonchev–Trinajstić information content (AvgIpc) is 2.87. The van der Waals surface area contributed by atoms with Crippen molar-refractivity contribution < 1.29 is 9.59 Å². The van der Waals surface area contributed by atoms with Crippen molar-refractivity contribution in [1.82, 2.24) is 14.7 Å². The van der Waals surface area contributed by atoms with E-state index in [0.717, 1.165) is 18.7 Å². The third kappa shape index (κ3) is 3.49. The van der Waals surface area contributed by atoms with Crippen LogP contribution in [0.3, 0.4) is 0 Å². The number of hydrogen-bond acceptors (Lipinski definition) is 4. The van der Waals surface area contributed by atoms with Crippen LogP contribution >= 0.6 is 11.8 Å². The Balaban J connectivity index is 1.74. The van der Waals surface area contributed by atoms with Gasteiger partial charge >= 0.3 is 0 Å². The molecule has 0 spiro atoms. The molecule has 1 aliphatic rings. The van der Waals surface area contributed by atoms with Gasteiger partial charge in [-0.25, -0.2) is 0 Å². The van der Waals surface area contributed by atoms with E-state index in [1.165, 1.54) is 22.9 Å². The van der Waals surface area contributed by atoms with Gasteiger partial charge in [0, 0.05) is 23.7 Å². The molecular weight excluding hydrogens is 334 g/mol. The smallest absolute Gasteiger partial charge is 0.244 e. The molecule has 25 heavy (non-hydrogen) atoms. The molecule has 1 amide bonds. The highest BCUT2D eigenvalue weighted by Gasteiger charge is 2.23. The van der Waals surface area contributed by atoms with Gasteiger partial charge in [-0.15, -0.1) is 11.8 Å². The summed E-state index contributed by atoms with van der Waals surface area (Å²) in [6, 6.07) is 6.46. The third-order valence-electron chi connectivity index (χ3n) is 4.80. The Kier molecular flexibility index (Phi) is 4.99. The molecular formula is C19H23N3O2S. The monoisotopic (exact) mass is 357 g/mol. The highest BCUT2D eigenvalue weighted by Crippen LogP contribution is 2.25. The number of aromatic nitrogens is 2. The van der Waals surface area contributed by atoms with Gasteiger partial charge in [-0.2, -0.15) is 5.10 Å². The van der Waals surface area contributed by atoms with Crippen molar-refractivity contribution in [1.29, 1.82) is 0 Å². The first-order valence-corrected chi connectivity index (χ1v) is 9.61. The zero-order chi connectivity index (χ0) is 18.1. The molecule has 0 bridgehead atoms. The molecule has 2 aromatic rings. The number of ketones is 1. The zero-order valence-electron chi connectivity index (χ0n) is 15.1. The molecule has 132 valence electrons. The fraction of sp³-hybridized carbons (Fsp3) is 0.421. The molecule has 1 aromatic carbocycles. The van der Waals surface area contributed by atoms with Crippen LogP contribution in [0.15, 0.2) is 23.1 Å². The van der Waals surface area contributed by atoms with Crippen LogP contribution < -0.4 is 0 Å². The Hall–Kier alpha value is -2.08. The van der Waals surface area contributed by atoms with Crippen LogP contribution in [0.4, 0.5) is 0 Å². The van der Waals surface area contributed by atoms with E-state index in [1.54, 1.807) is 16.4 Å². The number of carbonyl (C=O) groups excluding carboxylic acids is 2. The molecule has 5 nitrogen and oxygen atoms in total. The fourth-order valence-electron chi connectivity index (χ4n) is 3.46. The number of nitrogens with zero attached hydrogens (tertiary/aromatic N) is 3. The van der Waals surface area contributed by atoms with Gasteiger partial charge < -0.3 is 4.90 Å². The molecule has 2 heterocycles. The van der Waals surface area contributed by atoms with Gasteiger partial charge in [0.1, 0.15) is 6.54 Å². The molecule has 0 aliphatic carbocycles. The van der Waals surface area contributed by atoms with Gasteiger partial charge in [0.15, 0.2) is 5.78 Å². The number of fused-ring (bicyclic) bond motifs is 1. The van der Waals surface area contributed by atoms with E-state index >= 15 is 0 Å². The number of rotatable bonds is 4. The minimum absolute atomic E-state index is 0.00908. The second-order valence-corrected chi connectivity index (χ2v) is 7.34. The van der Waals surface area contributed by atoms with Gasteiger partial charge in [-0.3, -0.25) is 14.3 Å². The van der Waals surface area contributed by atoms with Crippen molar-refractivity contribution in [3.8, 4) is 0 Å². The average molecular weight is 357 g/mol. The Labute approximate surface area is 152 Å². The SMILES string of the molecule is CSc1ccc2c(c1)CCN(C(=O)Cn1nc(C)c(C(C)=O)c1C)C2. The van der Waals surface area contributed by atoms with E-state index in [1.807, 2.05) is 18.7 Å². The third-order valence-corrected chi connectivity index (χ3v) is 5.52. The molecule has 0 unspecified atom stereocenters. The molecule has 0 saturated carbocycles. The van der Waals surface area contributed by atoms with Crippen molar-refractivity contribution in [2.24, 2.45) is 0 Å². The van der Waals surface area contributed by atoms with Crippen LogP contribution in [0.25, 0.3) is 0 Å². The van der Waals surface area contributed by atoms with E-state index in [9.17, 15) is 9.59 Å². The fourth-order valence-corrected chi connectivity index (χ4v) is 3.92. The van der Waals surface area contributed by atoms with Crippen molar-refractivity contribution in [3.05, 3.63) is 46.3 Å². The van der Waals surface area contributed by atoms with Crippen molar-refractivity contribution >= 4 is 23.5 Å². The Morgan fingerprint density at radius 1 is 1.24 bits per heavy atom. The summed E-state index contributed by atoms with van der Waals surface area (Å²) in [5.74, 6) is 0.0329. The summed E-state index contributed by atoms with van der Waals surface area (Å²) >= 11 is 1.74. The largest absolute Gasteiger partial charge is 0.336 e. The molecule has 0 radical (unpaired) electrons. The summed E-state index contributed by atoms with van der Waals surface area (Å²) in [5.41, 5.74) is 4.63. The predicted molar refractivity (Wildman–Crippen MR) is 99.0 cm³/mol. The van der Waals surface area contributed by atoms with Crippen molar-refractivity contribution in [3.63, 3.8) is 0 Å². The Bertz CT molecular complexity index is 841. The summed E-state index contributed by atoms with van der Waals surface area (Å²) in [6.45, 7) is 6.74. The standard InChI is InChI=1S/C19H23N3O2S/c1-12-19(14(3)23)13(2)22(20-12)11-18(24)21-8-7-15-9-17(25-4)6-5-16(15)10-21/h5-6,9H,7-8,10-11H2,1-4H3. The highest BCUT2D eigenvalue weighted by molar-refractivity contribution is 7.98. The van der Waals surface area contributed by atoms with Crippen molar-refractivity contribution in [2.75, 3.05) is 12.8 Å². The zero-order valence-corrected chi connectivity index (χ0v) is 15.9. The quantitative estimate of drug-likeness (QED) is 0.623. The van der Waals surface area contributed by atoms with Crippen LogP contribution in [0.2, 0.25) is 0 Å². The van der Waals surface area contributed by atoms with Crippen LogP contribution in [0.5, 0.6) is 0 Å². The highest BCUT2D eigenvalue weighted by atomic mass is 32.2. The maximum absolute atomic E-state index is 12.7. The van der Waals surface area contributed by atoms with Crippen molar-refractivity contribution in [2.45, 2.75) is 45.2 Å². The van der Waals surface area contributed by atoms with E-state index < -0.39 is 0 Å². The molecule has 1 aliphatic heterocycles. The van der Waals surface area contributed by atoms with E-state index in [2.05, 4.69) is 29.6 Å². The normalized spacial score (nSPS) is 13.7. The molecule has 0 saturated heterocycles. The molecule has 6 heteroatoms. The second kappa shape index (κ2) is 7.04. The number of aryl methyl sites for hydroxylation is 1. The van der Waals surface area contributed by atoms with E-state index in [0.29, 0.717) is 17.8 Å². The van der Waals surface area contributed by atoms with Crippen LogP contribution in [0, 0.1) is 13.8 Å². The first-order chi connectivity index (χ1) is 11.9. The van der Waals surface area contributed by atoms with E-state index in [-0.39, 0.29) is 18.2 Å². The van der Waals surface area contributed by atoms with Gasteiger partial charge in [0.25, 0.3) is 0 Å². The van der Waals surface area contributed by atoms with Gasteiger partial charge in [-0.05, 0) is 56.7 Å². The maximum atomic E-state index is 12.7. The number of benzene rings is 1. The molecule has 0 atom stereocenters. The number of Topliss-reactive ketones (excluding diaryl/α,β-unsaturated/α-hetero) is 1. The van der Waals surface area contributed by atoms with Crippen LogP contribution in [-0.4, -0.2) is 39.2 Å². The minimum Gasteiger partial charge on any atom is -0.336 e. The first-order valence-electron chi connectivity index (χ1n) is 8.39. The number of hydrogen-bond donors (Lipinski definition) is 0. The minimum atomic E-state index is -0.00908. The maximum Gasteiger partial charge on any atom is 0.244 e. The summed E-state index contributed by atoms with van der Waals surface area (Å²) in [6.07, 6.45) is 2.95. The topological polar surface area (TPSA) is 55.2 Å². The number of carbonyl (C=O) groups is 2. The van der Waals surface area contributed by atoms with Crippen LogP contribution in [0.1, 0.15) is 39.8 Å².